The number of nitrogens with one attached hydrogen (secondary N) is 2. The number of rotatable bonds is 15. The predicted octanol–water partition coefficient (Wildman–Crippen LogP) is 4.31. The third-order valence-electron chi connectivity index (χ3n) is 6.58. The number of hydrogen-bond donors (Lipinski definition) is 3. The van der Waals surface area contributed by atoms with Crippen LogP contribution in [-0.4, -0.2) is 69.8 Å². The van der Waals surface area contributed by atoms with Gasteiger partial charge in [0.15, 0.2) is 5.82 Å². The van der Waals surface area contributed by atoms with Crippen LogP contribution in [0.1, 0.15) is 36.9 Å². The van der Waals surface area contributed by atoms with Crippen LogP contribution in [0.3, 0.4) is 0 Å². The molecule has 40 heavy (non-hydrogen) atoms. The maximum atomic E-state index is 13.5. The summed E-state index contributed by atoms with van der Waals surface area (Å²) in [4.78, 5) is 26.2. The number of nitrogens with zero attached hydrogens (tertiary/aromatic N) is 4. The van der Waals surface area contributed by atoms with Gasteiger partial charge in [-0.1, -0.05) is 6.07 Å². The van der Waals surface area contributed by atoms with E-state index in [2.05, 4.69) is 32.7 Å². The lowest BCUT2D eigenvalue weighted by atomic mass is 10.1. The number of benzene rings is 1. The highest BCUT2D eigenvalue weighted by atomic mass is 19.1. The highest BCUT2D eigenvalue weighted by molar-refractivity contribution is 5.76. The summed E-state index contributed by atoms with van der Waals surface area (Å²) in [6.45, 7) is 2.56. The summed E-state index contributed by atoms with van der Waals surface area (Å²) >= 11 is 0. The average molecular weight is 559 g/mol. The number of aryl methyl sites for hydroxylation is 2. The van der Waals surface area contributed by atoms with E-state index in [-0.39, 0.29) is 24.7 Å². The quantitative estimate of drug-likeness (QED) is 0.235. The van der Waals surface area contributed by atoms with Crippen molar-refractivity contribution in [3.8, 4) is 5.75 Å². The number of hydrogen-bond acceptors (Lipinski definition) is 8. The van der Waals surface area contributed by atoms with Crippen molar-refractivity contribution in [1.82, 2.24) is 19.9 Å². The van der Waals surface area contributed by atoms with E-state index in [9.17, 15) is 23.1 Å². The van der Waals surface area contributed by atoms with Gasteiger partial charge in [0, 0.05) is 43.5 Å². The minimum atomic E-state index is -1.09. The van der Waals surface area contributed by atoms with Crippen LogP contribution in [0.15, 0.2) is 42.7 Å². The number of aromatic nitrogens is 3. The molecule has 0 fully saturated rings. The second-order valence-corrected chi connectivity index (χ2v) is 9.64. The summed E-state index contributed by atoms with van der Waals surface area (Å²) in [5.41, 5.74) is 2.26. The van der Waals surface area contributed by atoms with Gasteiger partial charge in [0.25, 0.3) is 0 Å². The molecule has 214 valence electrons. The number of pyridine rings is 1. The zero-order valence-electron chi connectivity index (χ0n) is 22.1. The van der Waals surface area contributed by atoms with E-state index in [1.807, 2.05) is 4.90 Å². The van der Waals surface area contributed by atoms with Crippen molar-refractivity contribution in [1.29, 1.82) is 0 Å². The fourth-order valence-corrected chi connectivity index (χ4v) is 4.50. The minimum Gasteiger partial charge on any atom is -0.492 e. The first-order chi connectivity index (χ1) is 19.4. The Kier molecular flexibility index (Phi) is 10.5. The molecule has 0 radical (unpaired) electrons. The molecular weight excluding hydrogens is 525 g/mol. The monoisotopic (exact) mass is 558 g/mol. The first-order valence-corrected chi connectivity index (χ1v) is 13.4. The van der Waals surface area contributed by atoms with Gasteiger partial charge in [-0.05, 0) is 56.7 Å². The smallest absolute Gasteiger partial charge is 0.326 e. The van der Waals surface area contributed by atoms with Crippen LogP contribution < -0.4 is 15.4 Å². The molecule has 0 saturated carbocycles. The van der Waals surface area contributed by atoms with Crippen LogP contribution in [0.4, 0.5) is 24.9 Å². The Hall–Kier alpha value is -3.93. The molecule has 1 aliphatic heterocycles. The van der Waals surface area contributed by atoms with E-state index in [0.717, 1.165) is 80.8 Å². The van der Waals surface area contributed by atoms with Gasteiger partial charge < -0.3 is 20.5 Å². The molecule has 1 aliphatic rings. The molecule has 0 unspecified atom stereocenters. The molecule has 3 heterocycles. The van der Waals surface area contributed by atoms with E-state index in [0.29, 0.717) is 19.6 Å². The third-order valence-corrected chi connectivity index (χ3v) is 6.58. The Labute approximate surface area is 230 Å². The molecule has 4 rings (SSSR count). The normalized spacial score (nSPS) is 13.4. The van der Waals surface area contributed by atoms with Crippen molar-refractivity contribution in [2.75, 3.05) is 43.4 Å². The fraction of sp³-hybridized carbons (Fsp3) is 0.429. The summed E-state index contributed by atoms with van der Waals surface area (Å²) < 4.78 is 45.7. The van der Waals surface area contributed by atoms with Crippen LogP contribution in [-0.2, 0) is 17.6 Å². The van der Waals surface area contributed by atoms with Gasteiger partial charge in [-0.15, -0.1) is 0 Å². The van der Waals surface area contributed by atoms with Crippen molar-refractivity contribution in [3.63, 3.8) is 0 Å². The van der Waals surface area contributed by atoms with Crippen LogP contribution in [0.2, 0.25) is 0 Å². The third kappa shape index (κ3) is 9.08. The summed E-state index contributed by atoms with van der Waals surface area (Å²) in [6, 6.07) is 6.19. The second kappa shape index (κ2) is 14.5. The molecular formula is C28H33F3N6O3. The maximum absolute atomic E-state index is 13.5. The van der Waals surface area contributed by atoms with Crippen LogP contribution >= 0.6 is 0 Å². The zero-order chi connectivity index (χ0) is 28.3. The van der Waals surface area contributed by atoms with Gasteiger partial charge in [-0.2, -0.15) is 0 Å². The number of carboxylic acid groups (broad SMARTS) is 1. The molecule has 0 amide bonds. The molecule has 3 aromatic rings. The number of ether oxygens (including phenoxy) is 1. The first kappa shape index (κ1) is 29.1. The van der Waals surface area contributed by atoms with Gasteiger partial charge >= 0.3 is 5.97 Å². The molecule has 0 spiro atoms. The molecule has 9 nitrogen and oxygen atoms in total. The average Bonchev–Trinajstić information content (AvgIpc) is 2.93. The number of unbranched alkanes of at least 4 members (excludes halogenated alkanes) is 1. The van der Waals surface area contributed by atoms with E-state index >= 15 is 0 Å². The molecule has 1 aromatic carbocycles. The van der Waals surface area contributed by atoms with Crippen molar-refractivity contribution in [3.05, 3.63) is 71.4 Å². The van der Waals surface area contributed by atoms with Gasteiger partial charge in [0.2, 0.25) is 5.95 Å². The number of fused-ring (bicyclic) bond motifs is 1. The topological polar surface area (TPSA) is 112 Å². The lowest BCUT2D eigenvalue weighted by molar-refractivity contribution is -0.138. The summed E-state index contributed by atoms with van der Waals surface area (Å²) in [5, 5.41) is 15.8. The van der Waals surface area contributed by atoms with E-state index in [1.54, 1.807) is 0 Å². The summed E-state index contributed by atoms with van der Waals surface area (Å²) in [6.07, 6.45) is 6.79. The van der Waals surface area contributed by atoms with Crippen molar-refractivity contribution in [2.24, 2.45) is 0 Å². The number of aliphatic carboxylic acids is 1. The van der Waals surface area contributed by atoms with Crippen molar-refractivity contribution in [2.45, 2.75) is 44.6 Å². The Morgan fingerprint density at radius 3 is 2.58 bits per heavy atom. The van der Waals surface area contributed by atoms with E-state index in [1.165, 1.54) is 5.56 Å². The number of carbonyl (C=O) groups is 1. The van der Waals surface area contributed by atoms with Gasteiger partial charge in [0.1, 0.15) is 35.9 Å². The summed E-state index contributed by atoms with van der Waals surface area (Å²) in [5.74, 6) is -2.09. The molecule has 1 atom stereocenters. The first-order valence-electron chi connectivity index (χ1n) is 13.4. The van der Waals surface area contributed by atoms with Gasteiger partial charge in [-0.25, -0.2) is 32.9 Å². The fourth-order valence-electron chi connectivity index (χ4n) is 4.50. The Bertz CT molecular complexity index is 1240. The Morgan fingerprint density at radius 2 is 1.82 bits per heavy atom. The second-order valence-electron chi connectivity index (χ2n) is 9.64. The predicted molar refractivity (Wildman–Crippen MR) is 144 cm³/mol. The molecule has 3 N–H and O–H groups in total. The van der Waals surface area contributed by atoms with Gasteiger partial charge in [0.05, 0.1) is 12.4 Å². The molecule has 12 heteroatoms. The highest BCUT2D eigenvalue weighted by Gasteiger charge is 2.20. The van der Waals surface area contributed by atoms with Crippen LogP contribution in [0, 0.1) is 17.5 Å². The van der Waals surface area contributed by atoms with Gasteiger partial charge in [-0.3, -0.25) is 4.90 Å². The van der Waals surface area contributed by atoms with Crippen molar-refractivity contribution < 1.29 is 27.8 Å². The Morgan fingerprint density at radius 1 is 1.05 bits per heavy atom. The van der Waals surface area contributed by atoms with E-state index < -0.39 is 29.5 Å². The number of carboxylic acids is 1. The SMILES string of the molecule is O=C(O)[C@H](CCN(CCCCc1ccc2c(n1)NCCC2)CCOc1cc(F)cc(F)c1)Nc1ncc(F)cn1. The standard InChI is InChI=1S/C28H33F3N6O3/c29-20-14-21(30)16-24(15-20)40-13-12-37(11-8-25(27(38)39)36-28-33-17-22(31)18-34-28)10-2-1-5-23-7-6-19-4-3-9-32-26(19)35-23/h6-7,14-18,25H,1-5,8-13H2,(H,32,35)(H,38,39)(H,33,34,36)/t25-/m0/s1. The molecule has 0 saturated heterocycles. The van der Waals surface area contributed by atoms with E-state index in [4.69, 9.17) is 9.72 Å². The highest BCUT2D eigenvalue weighted by Crippen LogP contribution is 2.20. The van der Waals surface area contributed by atoms with Crippen LogP contribution in [0.5, 0.6) is 5.75 Å². The Balaban J connectivity index is 1.31. The minimum absolute atomic E-state index is 0.0175. The molecule has 0 bridgehead atoms. The zero-order valence-corrected chi connectivity index (χ0v) is 22.1. The largest absolute Gasteiger partial charge is 0.492 e. The van der Waals surface area contributed by atoms with Crippen molar-refractivity contribution >= 4 is 17.7 Å². The maximum Gasteiger partial charge on any atom is 0.326 e. The number of anilines is 2. The lowest BCUT2D eigenvalue weighted by Crippen LogP contribution is -2.37. The lowest BCUT2D eigenvalue weighted by Gasteiger charge is -2.24. The number of halogens is 3. The molecule has 2 aromatic heterocycles. The molecule has 0 aliphatic carbocycles. The van der Waals surface area contributed by atoms with Crippen LogP contribution in [0.25, 0.3) is 0 Å². The summed E-state index contributed by atoms with van der Waals surface area (Å²) in [7, 11) is 0.